The number of aromatic nitrogens is 4. The Bertz CT molecular complexity index is 902. The summed E-state index contributed by atoms with van der Waals surface area (Å²) in [5, 5.41) is 6.81. The molecule has 0 atom stereocenters. The van der Waals surface area contributed by atoms with Gasteiger partial charge in [-0.05, 0) is 44.2 Å². The number of fused-ring (bicyclic) bond motifs is 1. The van der Waals surface area contributed by atoms with Crippen LogP contribution in [0.1, 0.15) is 33.6 Å². The number of amides is 1. The van der Waals surface area contributed by atoms with Crippen molar-refractivity contribution in [1.82, 2.24) is 19.6 Å². The number of nitrogens with one attached hydrogen (secondary N) is 1. The third kappa shape index (κ3) is 3.07. The zero-order chi connectivity index (χ0) is 17.1. The van der Waals surface area contributed by atoms with Gasteiger partial charge < -0.3 is 10.1 Å². The topological polar surface area (TPSA) is 98.5 Å². The lowest BCUT2D eigenvalue weighted by Gasteiger charge is -2.04. The Morgan fingerprint density at radius 2 is 1.96 bits per heavy atom. The average Bonchev–Trinajstić information content (AvgIpc) is 3.01. The van der Waals surface area contributed by atoms with Gasteiger partial charge in [0.15, 0.2) is 0 Å². The summed E-state index contributed by atoms with van der Waals surface area (Å²) in [5.74, 6) is -0.480. The van der Waals surface area contributed by atoms with Crippen LogP contribution in [0, 0.1) is 6.92 Å². The molecule has 0 aliphatic rings. The highest BCUT2D eigenvalue weighted by atomic mass is 16.5. The maximum absolute atomic E-state index is 12.2. The maximum Gasteiger partial charge on any atom is 0.338 e. The first kappa shape index (κ1) is 15.6. The normalized spacial score (nSPS) is 10.6. The Hall–Kier alpha value is -3.29. The lowest BCUT2D eigenvalue weighted by atomic mass is 10.2. The van der Waals surface area contributed by atoms with E-state index in [1.54, 1.807) is 43.5 Å². The van der Waals surface area contributed by atoms with Crippen LogP contribution in [0.2, 0.25) is 0 Å². The van der Waals surface area contributed by atoms with Crippen LogP contribution in [0.3, 0.4) is 0 Å². The van der Waals surface area contributed by atoms with E-state index in [4.69, 9.17) is 4.74 Å². The number of nitrogens with zero attached hydrogens (tertiary/aromatic N) is 4. The van der Waals surface area contributed by atoms with Gasteiger partial charge in [-0.1, -0.05) is 0 Å². The van der Waals surface area contributed by atoms with E-state index in [0.29, 0.717) is 23.6 Å². The molecule has 2 heterocycles. The molecule has 2 aromatic heterocycles. The fourth-order valence-electron chi connectivity index (χ4n) is 2.09. The first-order chi connectivity index (χ1) is 11.6. The summed E-state index contributed by atoms with van der Waals surface area (Å²) in [7, 11) is 0. The first-order valence-corrected chi connectivity index (χ1v) is 7.35. The van der Waals surface area contributed by atoms with Crippen molar-refractivity contribution >= 4 is 23.3 Å². The van der Waals surface area contributed by atoms with Gasteiger partial charge in [0, 0.05) is 17.6 Å². The third-order valence-electron chi connectivity index (χ3n) is 3.29. The van der Waals surface area contributed by atoms with Crippen LogP contribution in [-0.4, -0.2) is 38.1 Å². The van der Waals surface area contributed by atoms with Crippen molar-refractivity contribution in [2.24, 2.45) is 0 Å². The predicted molar refractivity (Wildman–Crippen MR) is 85.9 cm³/mol. The number of carbonyl (C=O) groups is 2. The van der Waals surface area contributed by atoms with Crippen molar-refractivity contribution in [2.75, 3.05) is 11.9 Å². The molecule has 122 valence electrons. The summed E-state index contributed by atoms with van der Waals surface area (Å²) < 4.78 is 6.41. The number of aryl methyl sites for hydroxylation is 1. The molecule has 3 rings (SSSR count). The van der Waals surface area contributed by atoms with Crippen LogP contribution in [-0.2, 0) is 4.74 Å². The number of benzene rings is 1. The molecule has 1 amide bonds. The molecule has 0 fully saturated rings. The maximum atomic E-state index is 12.2. The van der Waals surface area contributed by atoms with Crippen molar-refractivity contribution in [1.29, 1.82) is 0 Å². The fourth-order valence-corrected chi connectivity index (χ4v) is 2.09. The van der Waals surface area contributed by atoms with Crippen molar-refractivity contribution < 1.29 is 14.3 Å². The molecule has 0 unspecified atom stereocenters. The van der Waals surface area contributed by atoms with E-state index in [2.05, 4.69) is 20.4 Å². The van der Waals surface area contributed by atoms with E-state index in [1.165, 1.54) is 4.52 Å². The highest BCUT2D eigenvalue weighted by Gasteiger charge is 2.15. The largest absolute Gasteiger partial charge is 0.462 e. The number of esters is 1. The molecule has 1 N–H and O–H groups in total. The second-order valence-corrected chi connectivity index (χ2v) is 4.99. The molecule has 0 aliphatic carbocycles. The smallest absolute Gasteiger partial charge is 0.338 e. The van der Waals surface area contributed by atoms with Crippen molar-refractivity contribution in [3.8, 4) is 0 Å². The predicted octanol–water partition coefficient (Wildman–Crippen LogP) is 1.86. The van der Waals surface area contributed by atoms with Gasteiger partial charge in [-0.25, -0.2) is 14.3 Å². The monoisotopic (exact) mass is 325 g/mol. The molecule has 0 aliphatic heterocycles. The summed E-state index contributed by atoms with van der Waals surface area (Å²) in [6.45, 7) is 3.90. The zero-order valence-corrected chi connectivity index (χ0v) is 13.2. The highest BCUT2D eigenvalue weighted by Crippen LogP contribution is 2.12. The average molecular weight is 325 g/mol. The van der Waals surface area contributed by atoms with Gasteiger partial charge >= 0.3 is 5.97 Å². The number of anilines is 1. The second kappa shape index (κ2) is 6.45. The molecule has 0 saturated heterocycles. The number of rotatable bonds is 4. The Labute approximate surface area is 137 Å². The molecule has 0 saturated carbocycles. The molecule has 0 bridgehead atoms. The number of hydrogen-bond donors (Lipinski definition) is 1. The van der Waals surface area contributed by atoms with E-state index < -0.39 is 11.9 Å². The zero-order valence-electron chi connectivity index (χ0n) is 13.2. The molecule has 24 heavy (non-hydrogen) atoms. The van der Waals surface area contributed by atoms with Gasteiger partial charge in [0.1, 0.15) is 0 Å². The molecule has 8 nitrogen and oxygen atoms in total. The Kier molecular flexibility index (Phi) is 4.19. The SMILES string of the molecule is CCOC(=O)c1ccc(NC(=O)c2nc3nccc(C)n3n2)cc1. The number of ether oxygens (including phenoxy) is 1. The Balaban J connectivity index is 1.76. The van der Waals surface area contributed by atoms with Crippen LogP contribution in [0.5, 0.6) is 0 Å². The van der Waals surface area contributed by atoms with Crippen LogP contribution >= 0.6 is 0 Å². The summed E-state index contributed by atoms with van der Waals surface area (Å²) in [4.78, 5) is 32.0. The van der Waals surface area contributed by atoms with Gasteiger partial charge in [-0.2, -0.15) is 4.98 Å². The van der Waals surface area contributed by atoms with E-state index in [9.17, 15) is 9.59 Å². The second-order valence-electron chi connectivity index (χ2n) is 4.99. The van der Waals surface area contributed by atoms with Crippen molar-refractivity contribution in [3.63, 3.8) is 0 Å². The third-order valence-corrected chi connectivity index (χ3v) is 3.29. The first-order valence-electron chi connectivity index (χ1n) is 7.35. The fraction of sp³-hybridized carbons (Fsp3) is 0.188. The van der Waals surface area contributed by atoms with Crippen LogP contribution in [0.25, 0.3) is 5.78 Å². The minimum absolute atomic E-state index is 0.0197. The van der Waals surface area contributed by atoms with E-state index in [1.807, 2.05) is 6.92 Å². The van der Waals surface area contributed by atoms with Crippen molar-refractivity contribution in [2.45, 2.75) is 13.8 Å². The summed E-state index contributed by atoms with van der Waals surface area (Å²) in [6, 6.07) is 8.16. The summed E-state index contributed by atoms with van der Waals surface area (Å²) >= 11 is 0. The number of carbonyl (C=O) groups excluding carboxylic acids is 2. The minimum atomic E-state index is -0.455. The van der Waals surface area contributed by atoms with Gasteiger partial charge in [0.05, 0.1) is 12.2 Å². The molecular weight excluding hydrogens is 310 g/mol. The molecule has 8 heteroatoms. The molecule has 3 aromatic rings. The van der Waals surface area contributed by atoms with Crippen LogP contribution in [0.15, 0.2) is 36.5 Å². The van der Waals surface area contributed by atoms with Gasteiger partial charge in [0.2, 0.25) is 5.82 Å². The molecule has 0 radical (unpaired) electrons. The number of hydrogen-bond acceptors (Lipinski definition) is 6. The van der Waals surface area contributed by atoms with Crippen molar-refractivity contribution in [3.05, 3.63) is 53.6 Å². The van der Waals surface area contributed by atoms with E-state index in [0.717, 1.165) is 5.69 Å². The van der Waals surface area contributed by atoms with E-state index in [-0.39, 0.29) is 5.82 Å². The summed E-state index contributed by atoms with van der Waals surface area (Å²) in [5.41, 5.74) is 1.77. The Morgan fingerprint density at radius 3 is 2.62 bits per heavy atom. The minimum Gasteiger partial charge on any atom is -0.462 e. The van der Waals surface area contributed by atoms with E-state index >= 15 is 0 Å². The van der Waals surface area contributed by atoms with Gasteiger partial charge in [-0.3, -0.25) is 4.79 Å². The lowest BCUT2D eigenvalue weighted by molar-refractivity contribution is 0.0526. The standard InChI is InChI=1S/C16H15N5O3/c1-3-24-15(23)11-4-6-12(7-5-11)18-14(22)13-19-16-17-9-8-10(2)21(16)20-13/h4-9H,3H2,1-2H3,(H,18,22). The molecule has 1 aromatic carbocycles. The lowest BCUT2D eigenvalue weighted by Crippen LogP contribution is -2.14. The van der Waals surface area contributed by atoms with Crippen LogP contribution in [0.4, 0.5) is 5.69 Å². The quantitative estimate of drug-likeness (QED) is 0.735. The molecule has 0 spiro atoms. The van der Waals surface area contributed by atoms with Crippen LogP contribution < -0.4 is 5.32 Å². The van der Waals surface area contributed by atoms with Gasteiger partial charge in [0.25, 0.3) is 11.7 Å². The van der Waals surface area contributed by atoms with Gasteiger partial charge in [-0.15, -0.1) is 5.10 Å². The summed E-state index contributed by atoms with van der Waals surface area (Å²) in [6.07, 6.45) is 1.61. The highest BCUT2D eigenvalue weighted by molar-refractivity contribution is 6.02. The molecular formula is C16H15N5O3. The Morgan fingerprint density at radius 1 is 1.21 bits per heavy atom.